The number of nitrogens with one attached hydrogen (secondary N) is 2. The zero-order chi connectivity index (χ0) is 20.5. The first kappa shape index (κ1) is 20.5. The van der Waals surface area contributed by atoms with Gasteiger partial charge in [-0.2, -0.15) is 0 Å². The van der Waals surface area contributed by atoms with Crippen molar-refractivity contribution < 1.29 is 4.74 Å². The third-order valence-electron chi connectivity index (χ3n) is 4.51. The van der Waals surface area contributed by atoms with E-state index >= 15 is 0 Å². The van der Waals surface area contributed by atoms with Crippen molar-refractivity contribution >= 4 is 5.96 Å². The Balaban J connectivity index is 1.42. The molecular formula is C23H29N5O. The van der Waals surface area contributed by atoms with Gasteiger partial charge in [-0.05, 0) is 42.7 Å². The number of aromatic nitrogens is 2. The molecule has 152 valence electrons. The van der Waals surface area contributed by atoms with Gasteiger partial charge in [-0.25, -0.2) is 4.98 Å². The molecule has 0 radical (unpaired) electrons. The van der Waals surface area contributed by atoms with Crippen LogP contribution in [0.4, 0.5) is 0 Å². The van der Waals surface area contributed by atoms with E-state index in [0.717, 1.165) is 18.3 Å². The summed E-state index contributed by atoms with van der Waals surface area (Å²) in [5, 5.41) is 6.67. The van der Waals surface area contributed by atoms with Crippen LogP contribution in [-0.2, 0) is 13.1 Å². The van der Waals surface area contributed by atoms with Crippen molar-refractivity contribution in [1.82, 2.24) is 20.2 Å². The molecule has 2 aromatic carbocycles. The molecule has 29 heavy (non-hydrogen) atoms. The van der Waals surface area contributed by atoms with Crippen molar-refractivity contribution in [3.05, 3.63) is 83.9 Å². The molecule has 2 N–H and O–H groups in total. The number of ether oxygens (including phenoxy) is 1. The molecule has 3 rings (SSSR count). The van der Waals surface area contributed by atoms with Gasteiger partial charge < -0.3 is 19.9 Å². The highest BCUT2D eigenvalue weighted by molar-refractivity contribution is 5.79. The highest BCUT2D eigenvalue weighted by Crippen LogP contribution is 2.13. The molecule has 0 bridgehead atoms. The van der Waals surface area contributed by atoms with E-state index in [1.165, 1.54) is 16.7 Å². The van der Waals surface area contributed by atoms with Crippen molar-refractivity contribution in [2.24, 2.45) is 4.99 Å². The van der Waals surface area contributed by atoms with E-state index in [2.05, 4.69) is 62.4 Å². The van der Waals surface area contributed by atoms with E-state index in [9.17, 15) is 0 Å². The number of rotatable bonds is 8. The molecule has 0 saturated carbocycles. The van der Waals surface area contributed by atoms with E-state index in [4.69, 9.17) is 4.74 Å². The zero-order valence-electron chi connectivity index (χ0n) is 17.3. The summed E-state index contributed by atoms with van der Waals surface area (Å²) >= 11 is 0. The van der Waals surface area contributed by atoms with Gasteiger partial charge in [0.1, 0.15) is 11.9 Å². The molecule has 0 aliphatic rings. The molecule has 6 nitrogen and oxygen atoms in total. The van der Waals surface area contributed by atoms with Crippen LogP contribution in [0.1, 0.15) is 23.6 Å². The van der Waals surface area contributed by atoms with Gasteiger partial charge in [-0.15, -0.1) is 0 Å². The van der Waals surface area contributed by atoms with Crippen LogP contribution in [0.5, 0.6) is 5.75 Å². The molecular weight excluding hydrogens is 362 g/mol. The number of imidazole rings is 1. The molecule has 1 unspecified atom stereocenters. The van der Waals surface area contributed by atoms with Gasteiger partial charge in [0, 0.05) is 32.5 Å². The first-order valence-corrected chi connectivity index (χ1v) is 9.84. The summed E-state index contributed by atoms with van der Waals surface area (Å²) in [6.45, 7) is 6.30. The van der Waals surface area contributed by atoms with E-state index in [1.54, 1.807) is 13.2 Å². The van der Waals surface area contributed by atoms with Crippen LogP contribution in [0.2, 0.25) is 0 Å². The molecule has 0 amide bonds. The Labute approximate surface area is 172 Å². The lowest BCUT2D eigenvalue weighted by Gasteiger charge is -2.18. The first-order valence-electron chi connectivity index (χ1n) is 9.84. The molecule has 1 atom stereocenters. The lowest BCUT2D eigenvalue weighted by molar-refractivity contribution is 0.223. The largest absolute Gasteiger partial charge is 0.489 e. The summed E-state index contributed by atoms with van der Waals surface area (Å²) in [7, 11) is 1.77. The predicted octanol–water partition coefficient (Wildman–Crippen LogP) is 3.37. The third kappa shape index (κ3) is 6.68. The topological polar surface area (TPSA) is 63.5 Å². The smallest absolute Gasteiger partial charge is 0.191 e. The number of benzene rings is 2. The van der Waals surface area contributed by atoms with Gasteiger partial charge in [0.15, 0.2) is 5.96 Å². The average Bonchev–Trinajstić information content (AvgIpc) is 3.22. The minimum Gasteiger partial charge on any atom is -0.489 e. The van der Waals surface area contributed by atoms with Gasteiger partial charge in [0.2, 0.25) is 0 Å². The normalized spacial score (nSPS) is 12.4. The number of guanidine groups is 1. The standard InChI is InChI=1S/C23H29N5O/c1-18-5-4-6-22(13-18)29-19(2)14-26-23(24-3)27-15-20-7-9-21(10-8-20)16-28-12-11-25-17-28/h4-13,17,19H,14-16H2,1-3H3,(H2,24,26,27). The summed E-state index contributed by atoms with van der Waals surface area (Å²) in [6, 6.07) is 16.6. The van der Waals surface area contributed by atoms with E-state index in [-0.39, 0.29) is 6.10 Å². The summed E-state index contributed by atoms with van der Waals surface area (Å²) in [4.78, 5) is 8.37. The Hall–Kier alpha value is -3.28. The first-order chi connectivity index (χ1) is 14.1. The number of nitrogens with zero attached hydrogens (tertiary/aromatic N) is 3. The number of hydrogen-bond donors (Lipinski definition) is 2. The average molecular weight is 392 g/mol. The molecule has 0 aliphatic carbocycles. The van der Waals surface area contributed by atoms with Gasteiger partial charge in [-0.1, -0.05) is 36.4 Å². The van der Waals surface area contributed by atoms with Crippen molar-refractivity contribution in [2.75, 3.05) is 13.6 Å². The van der Waals surface area contributed by atoms with Crippen LogP contribution < -0.4 is 15.4 Å². The summed E-state index contributed by atoms with van der Waals surface area (Å²) < 4.78 is 8.01. The molecule has 0 saturated heterocycles. The lowest BCUT2D eigenvalue weighted by atomic mass is 10.1. The maximum Gasteiger partial charge on any atom is 0.191 e. The van der Waals surface area contributed by atoms with Crippen LogP contribution in [0, 0.1) is 6.92 Å². The number of hydrogen-bond acceptors (Lipinski definition) is 3. The van der Waals surface area contributed by atoms with Gasteiger partial charge >= 0.3 is 0 Å². The SMILES string of the molecule is CN=C(NCc1ccc(Cn2ccnc2)cc1)NCC(C)Oc1cccc(C)c1. The summed E-state index contributed by atoms with van der Waals surface area (Å²) in [5.74, 6) is 1.64. The van der Waals surface area contributed by atoms with Crippen LogP contribution in [-0.4, -0.2) is 35.2 Å². The van der Waals surface area contributed by atoms with E-state index in [0.29, 0.717) is 13.1 Å². The van der Waals surface area contributed by atoms with Crippen molar-refractivity contribution in [3.63, 3.8) is 0 Å². The zero-order valence-corrected chi connectivity index (χ0v) is 17.3. The van der Waals surface area contributed by atoms with Gasteiger partial charge in [0.25, 0.3) is 0 Å². The second-order valence-electron chi connectivity index (χ2n) is 7.10. The minimum atomic E-state index is 0.0257. The quantitative estimate of drug-likeness (QED) is 0.456. The monoisotopic (exact) mass is 391 g/mol. The highest BCUT2D eigenvalue weighted by Gasteiger charge is 2.06. The minimum absolute atomic E-state index is 0.0257. The van der Waals surface area contributed by atoms with Crippen LogP contribution in [0.3, 0.4) is 0 Å². The van der Waals surface area contributed by atoms with Crippen molar-refractivity contribution in [2.45, 2.75) is 33.0 Å². The molecule has 3 aromatic rings. The van der Waals surface area contributed by atoms with Crippen molar-refractivity contribution in [1.29, 1.82) is 0 Å². The molecule has 6 heteroatoms. The Morgan fingerprint density at radius 1 is 1.14 bits per heavy atom. The van der Waals surface area contributed by atoms with E-state index in [1.807, 2.05) is 37.6 Å². The van der Waals surface area contributed by atoms with Crippen LogP contribution in [0.25, 0.3) is 0 Å². The number of aliphatic imine (C=N–C) groups is 1. The Bertz CT molecular complexity index is 903. The molecule has 0 spiro atoms. The maximum atomic E-state index is 5.96. The van der Waals surface area contributed by atoms with Crippen LogP contribution >= 0.6 is 0 Å². The summed E-state index contributed by atoms with van der Waals surface area (Å²) in [5.41, 5.74) is 3.64. The molecule has 1 heterocycles. The lowest BCUT2D eigenvalue weighted by Crippen LogP contribution is -2.41. The fourth-order valence-electron chi connectivity index (χ4n) is 2.96. The highest BCUT2D eigenvalue weighted by atomic mass is 16.5. The fourth-order valence-corrected chi connectivity index (χ4v) is 2.96. The second-order valence-corrected chi connectivity index (χ2v) is 7.10. The molecule has 0 fully saturated rings. The number of aryl methyl sites for hydroxylation is 1. The maximum absolute atomic E-state index is 5.96. The second kappa shape index (κ2) is 10.3. The third-order valence-corrected chi connectivity index (χ3v) is 4.51. The Kier molecular flexibility index (Phi) is 7.28. The van der Waals surface area contributed by atoms with Crippen molar-refractivity contribution in [3.8, 4) is 5.75 Å². The fraction of sp³-hybridized carbons (Fsp3) is 0.304. The molecule has 0 aliphatic heterocycles. The van der Waals surface area contributed by atoms with Crippen LogP contribution in [0.15, 0.2) is 72.2 Å². The Morgan fingerprint density at radius 3 is 2.62 bits per heavy atom. The summed E-state index contributed by atoms with van der Waals surface area (Å²) in [6.07, 6.45) is 5.62. The Morgan fingerprint density at radius 2 is 1.93 bits per heavy atom. The van der Waals surface area contributed by atoms with Gasteiger partial charge in [-0.3, -0.25) is 4.99 Å². The van der Waals surface area contributed by atoms with Gasteiger partial charge in [0.05, 0.1) is 12.9 Å². The van der Waals surface area contributed by atoms with E-state index < -0.39 is 0 Å². The molecule has 1 aromatic heterocycles. The predicted molar refractivity (Wildman–Crippen MR) is 117 cm³/mol.